The van der Waals surface area contributed by atoms with Gasteiger partial charge in [0, 0.05) is 11.9 Å². The molecule has 53 heavy (non-hydrogen) atoms. The van der Waals surface area contributed by atoms with Crippen molar-refractivity contribution in [1.29, 1.82) is 0 Å². The number of ether oxygens (including phenoxy) is 2. The van der Waals surface area contributed by atoms with Crippen LogP contribution >= 0.6 is 0 Å². The molecule has 3 saturated carbocycles. The Kier molecular flexibility index (Phi) is 19.4. The van der Waals surface area contributed by atoms with Crippen molar-refractivity contribution in [3.63, 3.8) is 0 Å². The zero-order valence-electron chi connectivity index (χ0n) is 32.8. The van der Waals surface area contributed by atoms with Gasteiger partial charge in [-0.2, -0.15) is 0 Å². The smallest absolute Gasteiger partial charge is 0.186 e. The predicted molar refractivity (Wildman–Crippen MR) is 204 cm³/mol. The van der Waals surface area contributed by atoms with E-state index < -0.39 is 61.1 Å². The molecule has 2 bridgehead atoms. The molecule has 308 valence electrons. The summed E-state index contributed by atoms with van der Waals surface area (Å²) in [6.07, 6.45) is 21.4. The van der Waals surface area contributed by atoms with Crippen molar-refractivity contribution >= 4 is 0 Å². The van der Waals surface area contributed by atoms with Crippen molar-refractivity contribution in [3.8, 4) is 0 Å². The van der Waals surface area contributed by atoms with Gasteiger partial charge in [-0.05, 0) is 50.4 Å². The average molecular weight is 755 g/mol. The van der Waals surface area contributed by atoms with E-state index >= 15 is 0 Å². The molecule has 7 N–H and O–H groups in total. The van der Waals surface area contributed by atoms with E-state index in [9.17, 15) is 35.0 Å². The number of hydrogen-bond donors (Lipinski definition) is 7. The largest absolute Gasteiger partial charge is 0.394 e. The fourth-order valence-corrected chi connectivity index (χ4v) is 9.07. The van der Waals surface area contributed by atoms with Gasteiger partial charge in [0.1, 0.15) is 35.9 Å². The first kappa shape index (κ1) is 44.5. The Balaban J connectivity index is 1.16. The van der Waals surface area contributed by atoms with Crippen LogP contribution in [-0.2, 0) is 15.9 Å². The van der Waals surface area contributed by atoms with Gasteiger partial charge < -0.3 is 45.1 Å². The minimum absolute atomic E-state index is 0.177. The second-order valence-corrected chi connectivity index (χ2v) is 17.2. The highest BCUT2D eigenvalue weighted by molar-refractivity contribution is 5.18. The molecule has 8 atom stereocenters. The molecular weight excluding hydrogens is 679 g/mol. The first-order valence-corrected chi connectivity index (χ1v) is 21.6. The molecule has 4 aliphatic rings. The third-order valence-corrected chi connectivity index (χ3v) is 12.4. The monoisotopic (exact) mass is 755 g/mol. The van der Waals surface area contributed by atoms with Gasteiger partial charge in [0.05, 0.1) is 31.3 Å². The van der Waals surface area contributed by atoms with Crippen LogP contribution in [0.25, 0.3) is 0 Å². The maximum atomic E-state index is 13.7. The minimum Gasteiger partial charge on any atom is -0.394 e. The molecule has 11 heteroatoms. The number of aryl methyl sites for hydroxylation is 1. The summed E-state index contributed by atoms with van der Waals surface area (Å²) in [5, 5.41) is 62.9. The van der Waals surface area contributed by atoms with E-state index in [1.807, 2.05) is 0 Å². The molecule has 5 unspecified atom stereocenters. The molecule has 2 heterocycles. The van der Waals surface area contributed by atoms with E-state index in [2.05, 4.69) is 16.9 Å². The summed E-state index contributed by atoms with van der Waals surface area (Å²) < 4.78 is 25.1. The van der Waals surface area contributed by atoms with Gasteiger partial charge in [0.25, 0.3) is 0 Å². The quantitative estimate of drug-likeness (QED) is 0.0392. The Labute approximate surface area is 318 Å². The van der Waals surface area contributed by atoms with E-state index in [0.717, 1.165) is 63.5 Å². The zero-order valence-corrected chi connectivity index (χ0v) is 32.8. The Morgan fingerprint density at radius 1 is 0.792 bits per heavy atom. The van der Waals surface area contributed by atoms with Gasteiger partial charge in [0.2, 0.25) is 0 Å². The molecule has 1 aromatic heterocycles. The normalized spacial score (nSPS) is 29.8. The van der Waals surface area contributed by atoms with Crippen LogP contribution in [0.4, 0.5) is 4.39 Å². The molecule has 0 amide bonds. The standard InChI is InChI=1S/C42H75FN2O8/c1-2-3-4-5-6-7-8-9-10-14-17-20-23-33(47)35(48)32(27-52-40-38(51)37(50)36(49)34(26-46)53-40)39-44-25-31(45-39)22-19-16-13-11-12-15-18-21-24-41-28-42(43,29-41)30-41/h25,32-38,40,46-51H,2-24,26-30H2,1H3,(H,44,45)/t32-,33+,34?,35-,36?,37?,38?,40?,41?,42?/m0/s1. The van der Waals surface area contributed by atoms with E-state index in [1.54, 1.807) is 6.20 Å². The lowest BCUT2D eigenvalue weighted by molar-refractivity contribution is -0.303. The molecule has 4 fully saturated rings. The maximum absolute atomic E-state index is 13.7. The number of aromatic amines is 1. The van der Waals surface area contributed by atoms with Gasteiger partial charge in [-0.1, -0.05) is 129 Å². The van der Waals surface area contributed by atoms with Crippen LogP contribution in [0.1, 0.15) is 185 Å². The lowest BCUT2D eigenvalue weighted by atomic mass is 9.41. The van der Waals surface area contributed by atoms with Crippen LogP contribution in [0.5, 0.6) is 0 Å². The molecule has 5 rings (SSSR count). The summed E-state index contributed by atoms with van der Waals surface area (Å²) in [7, 11) is 0. The Morgan fingerprint density at radius 3 is 1.91 bits per heavy atom. The Morgan fingerprint density at radius 2 is 1.34 bits per heavy atom. The van der Waals surface area contributed by atoms with Crippen molar-refractivity contribution in [1.82, 2.24) is 9.97 Å². The SMILES string of the molecule is CCCCCCCCCCCCCC[C@@H](O)[C@@H](O)[C@H](COC1OC(CO)C(O)C(O)C1O)c1ncc(CCCCCCCCCCC23CC(F)(C2)C3)[nH]1. The number of nitrogens with zero attached hydrogens (tertiary/aromatic N) is 1. The number of aliphatic hydroxyl groups excluding tert-OH is 6. The summed E-state index contributed by atoms with van der Waals surface area (Å²) >= 11 is 0. The summed E-state index contributed by atoms with van der Waals surface area (Å²) in [4.78, 5) is 7.89. The molecule has 1 saturated heterocycles. The highest BCUT2D eigenvalue weighted by atomic mass is 19.1. The highest BCUT2D eigenvalue weighted by Crippen LogP contribution is 2.71. The number of aliphatic hydroxyl groups is 6. The number of aromatic nitrogens is 2. The summed E-state index contributed by atoms with van der Waals surface area (Å²) in [5.74, 6) is -0.303. The maximum Gasteiger partial charge on any atom is 0.186 e. The molecule has 10 nitrogen and oxygen atoms in total. The first-order valence-electron chi connectivity index (χ1n) is 21.6. The van der Waals surface area contributed by atoms with E-state index in [0.29, 0.717) is 17.7 Å². The molecule has 1 aromatic rings. The first-order chi connectivity index (χ1) is 25.6. The van der Waals surface area contributed by atoms with Crippen molar-refractivity contribution in [3.05, 3.63) is 17.7 Å². The van der Waals surface area contributed by atoms with Crippen LogP contribution in [0, 0.1) is 5.41 Å². The second-order valence-electron chi connectivity index (χ2n) is 17.2. The van der Waals surface area contributed by atoms with E-state index in [-0.39, 0.29) is 6.61 Å². The summed E-state index contributed by atoms with van der Waals surface area (Å²) in [6, 6.07) is 0. The van der Waals surface area contributed by atoms with Crippen molar-refractivity contribution in [2.75, 3.05) is 13.2 Å². The highest BCUT2D eigenvalue weighted by Gasteiger charge is 2.68. The van der Waals surface area contributed by atoms with Crippen molar-refractivity contribution in [2.45, 2.75) is 228 Å². The molecule has 1 aliphatic heterocycles. The molecular formula is C42H75FN2O8. The number of rotatable bonds is 31. The van der Waals surface area contributed by atoms with Crippen LogP contribution in [0.3, 0.4) is 0 Å². The lowest BCUT2D eigenvalue weighted by Crippen LogP contribution is -2.64. The molecule has 0 spiro atoms. The van der Waals surface area contributed by atoms with Crippen molar-refractivity contribution < 1.29 is 44.5 Å². The van der Waals surface area contributed by atoms with E-state index in [1.165, 1.54) is 103 Å². The van der Waals surface area contributed by atoms with Crippen LogP contribution < -0.4 is 0 Å². The second kappa shape index (κ2) is 23.1. The topological polar surface area (TPSA) is 169 Å². The molecule has 0 aromatic carbocycles. The predicted octanol–water partition coefficient (Wildman–Crippen LogP) is 7.07. The number of unbranched alkanes of at least 4 members (excludes halogenated alkanes) is 18. The average Bonchev–Trinajstić information content (AvgIpc) is 3.59. The Bertz CT molecular complexity index is 1100. The van der Waals surface area contributed by atoms with Crippen LogP contribution in [-0.4, -0.2) is 102 Å². The van der Waals surface area contributed by atoms with Crippen LogP contribution in [0.2, 0.25) is 0 Å². The number of H-pyrrole nitrogens is 1. The van der Waals surface area contributed by atoms with Gasteiger partial charge >= 0.3 is 0 Å². The lowest BCUT2D eigenvalue weighted by Gasteiger charge is -2.66. The third-order valence-electron chi connectivity index (χ3n) is 12.4. The fourth-order valence-electron chi connectivity index (χ4n) is 9.07. The van der Waals surface area contributed by atoms with Gasteiger partial charge in [-0.25, -0.2) is 9.37 Å². The molecule has 3 aliphatic carbocycles. The number of nitrogens with one attached hydrogen (secondary N) is 1. The van der Waals surface area contributed by atoms with E-state index in [4.69, 9.17) is 9.47 Å². The molecule has 0 radical (unpaired) electrons. The summed E-state index contributed by atoms with van der Waals surface area (Å²) in [6.45, 7) is 1.50. The number of halogens is 1. The van der Waals surface area contributed by atoms with Gasteiger partial charge in [-0.3, -0.25) is 0 Å². The van der Waals surface area contributed by atoms with Crippen molar-refractivity contribution in [2.24, 2.45) is 5.41 Å². The van der Waals surface area contributed by atoms with Crippen LogP contribution in [0.15, 0.2) is 6.20 Å². The summed E-state index contributed by atoms with van der Waals surface area (Å²) in [5.41, 5.74) is 0.535. The number of alkyl halides is 1. The number of imidazole rings is 1. The number of hydrogen-bond acceptors (Lipinski definition) is 9. The third kappa shape index (κ3) is 14.1. The van der Waals surface area contributed by atoms with Gasteiger partial charge in [0.15, 0.2) is 6.29 Å². The zero-order chi connectivity index (χ0) is 38.1. The Hall–Kier alpha value is -1.18. The minimum atomic E-state index is -1.57. The van der Waals surface area contributed by atoms with Gasteiger partial charge in [-0.15, -0.1) is 0 Å². The fraction of sp³-hybridized carbons (Fsp3) is 0.929.